The second-order valence-electron chi connectivity index (χ2n) is 8.07. The Hall–Kier alpha value is -4.05. The van der Waals surface area contributed by atoms with Gasteiger partial charge >= 0.3 is 6.29 Å². The second kappa shape index (κ2) is 9.19. The maximum atomic E-state index is 13.4. The zero-order valence-electron chi connectivity index (χ0n) is 19.0. The summed E-state index contributed by atoms with van der Waals surface area (Å²) in [6.45, 7) is 1.56. The molecule has 1 amide bonds. The second-order valence-corrected chi connectivity index (χ2v) is 8.51. The molecule has 1 aliphatic heterocycles. The van der Waals surface area contributed by atoms with Gasteiger partial charge in [-0.05, 0) is 42.8 Å². The summed E-state index contributed by atoms with van der Waals surface area (Å²) in [7, 11) is 0. The number of pyridine rings is 1. The smallest absolute Gasteiger partial charge is 0.395 e. The number of hydrogen-bond donors (Lipinski definition) is 0. The monoisotopic (exact) mass is 512 g/mol. The number of hydrogen-bond acceptors (Lipinski definition) is 6. The van der Waals surface area contributed by atoms with Crippen molar-refractivity contribution < 1.29 is 23.0 Å². The Kier molecular flexibility index (Phi) is 6.05. The molecule has 4 aromatic rings. The summed E-state index contributed by atoms with van der Waals surface area (Å²) in [5, 5.41) is 5.83. The predicted molar refractivity (Wildman–Crippen MR) is 129 cm³/mol. The van der Waals surface area contributed by atoms with E-state index in [9.17, 15) is 18.4 Å². The first-order valence-corrected chi connectivity index (χ1v) is 11.4. The van der Waals surface area contributed by atoms with Crippen molar-refractivity contribution in [3.8, 4) is 11.5 Å². The summed E-state index contributed by atoms with van der Waals surface area (Å²) in [6, 6.07) is 12.7. The Bertz CT molecular complexity index is 1530. The third-order valence-corrected chi connectivity index (χ3v) is 5.93. The third-order valence-electron chi connectivity index (χ3n) is 5.69. The van der Waals surface area contributed by atoms with E-state index in [1.165, 1.54) is 23.1 Å². The van der Waals surface area contributed by atoms with Gasteiger partial charge in [-0.3, -0.25) is 14.6 Å². The highest BCUT2D eigenvalue weighted by molar-refractivity contribution is 6.31. The number of carbonyl (C=O) groups is 1. The van der Waals surface area contributed by atoms with Gasteiger partial charge in [-0.15, -0.1) is 8.78 Å². The summed E-state index contributed by atoms with van der Waals surface area (Å²) in [4.78, 5) is 32.0. The van der Waals surface area contributed by atoms with Crippen LogP contribution in [0.5, 0.6) is 11.5 Å². The van der Waals surface area contributed by atoms with Gasteiger partial charge in [-0.25, -0.2) is 4.68 Å². The molecule has 0 N–H and O–H groups in total. The standard InChI is InChI=1S/C25H19ClF2N4O4/c1-2-31(17-6-8-21-22(12-17)36-25(27,28)35-21)23(33)14-32-24(34)19-11-16(26)5-7-18(19)20(30-32)10-15-4-3-9-29-13-15/h3-9,11-13H,2,10,14H2,1H3. The molecule has 11 heteroatoms. The summed E-state index contributed by atoms with van der Waals surface area (Å²) >= 11 is 6.15. The zero-order chi connectivity index (χ0) is 25.4. The average Bonchev–Trinajstić information content (AvgIpc) is 3.16. The van der Waals surface area contributed by atoms with Gasteiger partial charge in [-0.2, -0.15) is 5.10 Å². The lowest BCUT2D eigenvalue weighted by atomic mass is 10.1. The predicted octanol–water partition coefficient (Wildman–Crippen LogP) is 4.41. The molecular weight excluding hydrogens is 494 g/mol. The number of aromatic nitrogens is 3. The lowest BCUT2D eigenvalue weighted by molar-refractivity contribution is -0.286. The fraction of sp³-hybridized carbons (Fsp3) is 0.200. The number of rotatable bonds is 6. The van der Waals surface area contributed by atoms with E-state index in [4.69, 9.17) is 11.6 Å². The van der Waals surface area contributed by atoms with Crippen LogP contribution < -0.4 is 19.9 Å². The molecule has 1 aliphatic rings. The normalized spacial score (nSPS) is 13.7. The zero-order valence-corrected chi connectivity index (χ0v) is 19.7. The molecule has 0 spiro atoms. The lowest BCUT2D eigenvalue weighted by Crippen LogP contribution is -2.37. The Morgan fingerprint density at radius 1 is 1.11 bits per heavy atom. The molecule has 0 radical (unpaired) electrons. The minimum Gasteiger partial charge on any atom is -0.395 e. The van der Waals surface area contributed by atoms with E-state index in [1.807, 2.05) is 6.07 Å². The molecule has 0 saturated heterocycles. The Labute approximate surface area is 208 Å². The van der Waals surface area contributed by atoms with E-state index in [0.717, 1.165) is 10.2 Å². The first-order chi connectivity index (χ1) is 17.2. The average molecular weight is 513 g/mol. The number of amides is 1. The highest BCUT2D eigenvalue weighted by atomic mass is 35.5. The van der Waals surface area contributed by atoms with E-state index in [1.54, 1.807) is 43.6 Å². The van der Waals surface area contributed by atoms with Crippen LogP contribution in [-0.4, -0.2) is 33.5 Å². The quantitative estimate of drug-likeness (QED) is 0.380. The van der Waals surface area contributed by atoms with Gasteiger partial charge in [0.25, 0.3) is 5.56 Å². The molecule has 0 saturated carbocycles. The minimum absolute atomic E-state index is 0.128. The molecule has 2 aromatic carbocycles. The maximum Gasteiger partial charge on any atom is 0.586 e. The fourth-order valence-electron chi connectivity index (χ4n) is 4.08. The van der Waals surface area contributed by atoms with Gasteiger partial charge in [-0.1, -0.05) is 23.7 Å². The Balaban J connectivity index is 1.49. The van der Waals surface area contributed by atoms with Crippen molar-refractivity contribution in [2.24, 2.45) is 0 Å². The van der Waals surface area contributed by atoms with Crippen molar-refractivity contribution in [2.45, 2.75) is 26.2 Å². The first kappa shape index (κ1) is 23.7. The highest BCUT2D eigenvalue weighted by Crippen LogP contribution is 2.42. The number of nitrogens with zero attached hydrogens (tertiary/aromatic N) is 4. The van der Waals surface area contributed by atoms with Crippen molar-refractivity contribution in [1.29, 1.82) is 0 Å². The van der Waals surface area contributed by atoms with Crippen LogP contribution in [0, 0.1) is 0 Å². The van der Waals surface area contributed by atoms with Crippen LogP contribution in [0.1, 0.15) is 18.2 Å². The van der Waals surface area contributed by atoms with Crippen molar-refractivity contribution in [1.82, 2.24) is 14.8 Å². The van der Waals surface area contributed by atoms with Crippen LogP contribution in [0.25, 0.3) is 10.8 Å². The lowest BCUT2D eigenvalue weighted by Gasteiger charge is -2.22. The van der Waals surface area contributed by atoms with Gasteiger partial charge in [0.05, 0.1) is 11.1 Å². The Morgan fingerprint density at radius 3 is 2.67 bits per heavy atom. The molecule has 5 rings (SSSR count). The summed E-state index contributed by atoms with van der Waals surface area (Å²) < 4.78 is 36.8. The SMILES string of the molecule is CCN(C(=O)Cn1nc(Cc2cccnc2)c2ccc(Cl)cc2c1=O)c1ccc2c(c1)OC(F)(F)O2. The van der Waals surface area contributed by atoms with E-state index >= 15 is 0 Å². The molecule has 36 heavy (non-hydrogen) atoms. The molecule has 0 aliphatic carbocycles. The van der Waals surface area contributed by atoms with E-state index in [0.29, 0.717) is 33.6 Å². The van der Waals surface area contributed by atoms with Crippen molar-refractivity contribution >= 4 is 34.0 Å². The third kappa shape index (κ3) is 4.59. The van der Waals surface area contributed by atoms with E-state index < -0.39 is 17.8 Å². The fourth-order valence-corrected chi connectivity index (χ4v) is 4.26. The summed E-state index contributed by atoms with van der Waals surface area (Å²) in [6.07, 6.45) is -0.0262. The number of likely N-dealkylation sites (N-methyl/N-ethyl adjacent to an activating group) is 1. The summed E-state index contributed by atoms with van der Waals surface area (Å²) in [5.74, 6) is -0.777. The topological polar surface area (TPSA) is 86.6 Å². The van der Waals surface area contributed by atoms with Crippen molar-refractivity contribution in [3.05, 3.63) is 87.6 Å². The minimum atomic E-state index is -3.77. The number of anilines is 1. The van der Waals surface area contributed by atoms with Gasteiger partial charge in [0.15, 0.2) is 11.5 Å². The van der Waals surface area contributed by atoms with Crippen LogP contribution in [0.2, 0.25) is 5.02 Å². The molecule has 8 nitrogen and oxygen atoms in total. The molecule has 2 aromatic heterocycles. The van der Waals surface area contributed by atoms with Gasteiger partial charge in [0, 0.05) is 47.5 Å². The Morgan fingerprint density at radius 2 is 1.92 bits per heavy atom. The highest BCUT2D eigenvalue weighted by Gasteiger charge is 2.43. The van der Waals surface area contributed by atoms with Crippen molar-refractivity contribution in [3.63, 3.8) is 0 Å². The molecule has 0 unspecified atom stereocenters. The largest absolute Gasteiger partial charge is 0.586 e. The first-order valence-electron chi connectivity index (χ1n) is 11.0. The molecule has 0 atom stereocenters. The van der Waals surface area contributed by atoms with E-state index in [-0.39, 0.29) is 24.6 Å². The number of alkyl halides is 2. The van der Waals surface area contributed by atoms with Crippen LogP contribution in [0.4, 0.5) is 14.5 Å². The molecular formula is C25H19ClF2N4O4. The van der Waals surface area contributed by atoms with Crippen LogP contribution >= 0.6 is 11.6 Å². The molecule has 0 fully saturated rings. The van der Waals surface area contributed by atoms with Crippen LogP contribution in [0.15, 0.2) is 65.7 Å². The molecule has 184 valence electrons. The van der Waals surface area contributed by atoms with Crippen molar-refractivity contribution in [2.75, 3.05) is 11.4 Å². The number of carbonyl (C=O) groups excluding carboxylic acids is 1. The number of fused-ring (bicyclic) bond motifs is 2. The van der Waals surface area contributed by atoms with E-state index in [2.05, 4.69) is 19.6 Å². The molecule has 0 bridgehead atoms. The number of halogens is 3. The summed E-state index contributed by atoms with van der Waals surface area (Å²) in [5.41, 5.74) is 1.30. The van der Waals surface area contributed by atoms with Gasteiger partial charge < -0.3 is 14.4 Å². The van der Waals surface area contributed by atoms with Gasteiger partial charge in [0.1, 0.15) is 6.54 Å². The van der Waals surface area contributed by atoms with Crippen LogP contribution in [0.3, 0.4) is 0 Å². The molecule has 3 heterocycles. The maximum absolute atomic E-state index is 13.4. The van der Waals surface area contributed by atoms with Crippen LogP contribution in [-0.2, 0) is 17.8 Å². The number of ether oxygens (including phenoxy) is 2. The number of benzene rings is 2. The van der Waals surface area contributed by atoms with Gasteiger partial charge in [0.2, 0.25) is 5.91 Å².